The predicted molar refractivity (Wildman–Crippen MR) is 251 cm³/mol. The van der Waals surface area contributed by atoms with Crippen molar-refractivity contribution >= 4 is 5.91 Å². The quantitative estimate of drug-likeness (QED) is 0.0310. The molecule has 0 heterocycles. The van der Waals surface area contributed by atoms with Gasteiger partial charge in [0.25, 0.3) is 0 Å². The van der Waals surface area contributed by atoms with Crippen LogP contribution in [0.1, 0.15) is 284 Å². The highest BCUT2D eigenvalue weighted by Crippen LogP contribution is 2.18. The Labute approximate surface area is 362 Å². The summed E-state index contributed by atoms with van der Waals surface area (Å²) in [6, 6.07) is -0.987. The Kier molecular flexibility index (Phi) is 46.3. The Balaban J connectivity index is 3.63. The van der Waals surface area contributed by atoms with E-state index in [9.17, 15) is 25.2 Å². The van der Waals surface area contributed by atoms with Crippen LogP contribution >= 0.6 is 0 Å². The zero-order chi connectivity index (χ0) is 42.4. The van der Waals surface area contributed by atoms with Crippen molar-refractivity contribution in [2.75, 3.05) is 6.61 Å². The second kappa shape index (κ2) is 47.1. The minimum Gasteiger partial charge on any atom is -0.394 e. The monoisotopic (exact) mass is 822 g/mol. The maximum atomic E-state index is 12.5. The standard InChI is InChI=1S/C52H103NO5/c1-3-5-7-9-11-13-15-17-19-21-22-23-24-25-26-27-28-30-31-33-35-37-39-41-43-45-49(55)51(57)48(47-54)53-52(58)50(56)46-44-42-40-38-36-34-32-29-20-18-16-14-12-10-8-6-4-2/h32,34,48-51,54-57H,3-31,33,35-47H2,1-2H3,(H,53,58)/b34-32-. The van der Waals surface area contributed by atoms with Crippen LogP contribution in [-0.2, 0) is 4.79 Å². The Morgan fingerprint density at radius 2 is 0.690 bits per heavy atom. The summed E-state index contributed by atoms with van der Waals surface area (Å²) in [7, 11) is 0. The second-order valence-corrected chi connectivity index (χ2v) is 18.2. The molecule has 0 aromatic carbocycles. The van der Waals surface area contributed by atoms with Gasteiger partial charge in [0, 0.05) is 0 Å². The zero-order valence-corrected chi connectivity index (χ0v) is 39.1. The molecule has 0 spiro atoms. The first-order chi connectivity index (χ1) is 28.5. The molecule has 0 rings (SSSR count). The fourth-order valence-corrected chi connectivity index (χ4v) is 8.34. The first kappa shape index (κ1) is 57.1. The van der Waals surface area contributed by atoms with Crippen molar-refractivity contribution in [1.82, 2.24) is 5.32 Å². The SMILES string of the molecule is CCCCCCCCCCC/C=C\CCCCCCC(O)C(=O)NC(CO)C(O)C(O)CCCCCCCCCCCCCCCCCCCCCCCCCCC. The molecule has 58 heavy (non-hydrogen) atoms. The molecule has 0 aliphatic heterocycles. The smallest absolute Gasteiger partial charge is 0.249 e. The molecule has 0 aromatic rings. The molecule has 0 saturated carbocycles. The molecular weight excluding hydrogens is 719 g/mol. The summed E-state index contributed by atoms with van der Waals surface area (Å²) in [5.41, 5.74) is 0. The van der Waals surface area contributed by atoms with E-state index in [2.05, 4.69) is 31.3 Å². The number of aliphatic hydroxyl groups excluding tert-OH is 4. The van der Waals surface area contributed by atoms with E-state index < -0.39 is 36.9 Å². The van der Waals surface area contributed by atoms with Gasteiger partial charge < -0.3 is 25.7 Å². The Bertz CT molecular complexity index is 837. The highest BCUT2D eigenvalue weighted by atomic mass is 16.3. The highest BCUT2D eigenvalue weighted by molar-refractivity contribution is 5.80. The van der Waals surface area contributed by atoms with E-state index in [1.807, 2.05) is 0 Å². The van der Waals surface area contributed by atoms with Gasteiger partial charge in [-0.1, -0.05) is 257 Å². The third-order valence-electron chi connectivity index (χ3n) is 12.5. The maximum Gasteiger partial charge on any atom is 0.249 e. The summed E-state index contributed by atoms with van der Waals surface area (Å²) in [6.45, 7) is 4.08. The molecule has 0 radical (unpaired) electrons. The van der Waals surface area contributed by atoms with Crippen LogP contribution < -0.4 is 5.32 Å². The summed E-state index contributed by atoms with van der Waals surface area (Å²) in [5, 5.41) is 43.9. The minimum atomic E-state index is -1.26. The molecule has 0 saturated heterocycles. The average molecular weight is 822 g/mol. The van der Waals surface area contributed by atoms with E-state index in [0.717, 1.165) is 51.4 Å². The molecule has 4 atom stereocenters. The first-order valence-corrected chi connectivity index (χ1v) is 26.1. The van der Waals surface area contributed by atoms with Gasteiger partial charge in [-0.05, 0) is 38.5 Å². The number of carbonyl (C=O) groups excluding carboxylic acids is 1. The number of unbranched alkanes of at least 4 members (excludes halogenated alkanes) is 37. The first-order valence-electron chi connectivity index (χ1n) is 26.1. The van der Waals surface area contributed by atoms with Crippen LogP contribution in [-0.4, -0.2) is 57.3 Å². The molecule has 5 N–H and O–H groups in total. The Hall–Kier alpha value is -0.950. The number of allylic oxidation sites excluding steroid dienone is 2. The molecule has 0 fully saturated rings. The van der Waals surface area contributed by atoms with Crippen molar-refractivity contribution in [3.8, 4) is 0 Å². The van der Waals surface area contributed by atoms with Crippen LogP contribution in [0.4, 0.5) is 0 Å². The zero-order valence-electron chi connectivity index (χ0n) is 39.1. The molecule has 1 amide bonds. The van der Waals surface area contributed by atoms with E-state index in [-0.39, 0.29) is 0 Å². The molecule has 0 aliphatic carbocycles. The number of amides is 1. The number of aliphatic hydroxyl groups is 4. The van der Waals surface area contributed by atoms with Crippen LogP contribution in [0.3, 0.4) is 0 Å². The van der Waals surface area contributed by atoms with Crippen LogP contribution in [0.5, 0.6) is 0 Å². The molecule has 0 bridgehead atoms. The van der Waals surface area contributed by atoms with Gasteiger partial charge >= 0.3 is 0 Å². The summed E-state index contributed by atoms with van der Waals surface area (Å²) in [6.07, 6.45) is 54.1. The summed E-state index contributed by atoms with van der Waals surface area (Å²) in [4.78, 5) is 12.5. The lowest BCUT2D eigenvalue weighted by atomic mass is 9.99. The molecule has 0 aromatic heterocycles. The molecule has 4 unspecified atom stereocenters. The van der Waals surface area contributed by atoms with E-state index in [1.54, 1.807) is 0 Å². The van der Waals surface area contributed by atoms with Crippen molar-refractivity contribution in [3.05, 3.63) is 12.2 Å². The molecule has 6 heteroatoms. The number of nitrogens with one attached hydrogen (secondary N) is 1. The molecular formula is C52H103NO5. The average Bonchev–Trinajstić information content (AvgIpc) is 3.23. The molecule has 6 nitrogen and oxygen atoms in total. The normalized spacial score (nSPS) is 14.0. The van der Waals surface area contributed by atoms with Gasteiger partial charge in [0.05, 0.1) is 18.8 Å². The largest absolute Gasteiger partial charge is 0.394 e. The highest BCUT2D eigenvalue weighted by Gasteiger charge is 2.28. The summed E-state index contributed by atoms with van der Waals surface area (Å²) < 4.78 is 0. The van der Waals surface area contributed by atoms with Crippen LogP contribution in [0.2, 0.25) is 0 Å². The van der Waals surface area contributed by atoms with Gasteiger partial charge in [0.1, 0.15) is 12.2 Å². The van der Waals surface area contributed by atoms with Crippen molar-refractivity contribution < 1.29 is 25.2 Å². The Morgan fingerprint density at radius 3 is 1.00 bits per heavy atom. The van der Waals surface area contributed by atoms with Crippen LogP contribution in [0, 0.1) is 0 Å². The van der Waals surface area contributed by atoms with Gasteiger partial charge in [-0.15, -0.1) is 0 Å². The number of hydrogen-bond donors (Lipinski definition) is 5. The summed E-state index contributed by atoms with van der Waals surface area (Å²) in [5.74, 6) is -0.588. The number of hydrogen-bond acceptors (Lipinski definition) is 5. The van der Waals surface area contributed by atoms with Crippen LogP contribution in [0.15, 0.2) is 12.2 Å². The van der Waals surface area contributed by atoms with Crippen molar-refractivity contribution in [1.29, 1.82) is 0 Å². The van der Waals surface area contributed by atoms with Crippen LogP contribution in [0.25, 0.3) is 0 Å². The fourth-order valence-electron chi connectivity index (χ4n) is 8.34. The van der Waals surface area contributed by atoms with Gasteiger partial charge in [0.2, 0.25) is 5.91 Å². The third-order valence-corrected chi connectivity index (χ3v) is 12.5. The lowest BCUT2D eigenvalue weighted by Crippen LogP contribution is -2.53. The predicted octanol–water partition coefficient (Wildman–Crippen LogP) is 14.5. The lowest BCUT2D eigenvalue weighted by molar-refractivity contribution is -0.132. The topological polar surface area (TPSA) is 110 Å². The second-order valence-electron chi connectivity index (χ2n) is 18.2. The minimum absolute atomic E-state index is 0.358. The molecule has 346 valence electrons. The van der Waals surface area contributed by atoms with E-state index in [4.69, 9.17) is 0 Å². The van der Waals surface area contributed by atoms with Gasteiger partial charge in [-0.25, -0.2) is 0 Å². The van der Waals surface area contributed by atoms with Crippen molar-refractivity contribution in [3.63, 3.8) is 0 Å². The van der Waals surface area contributed by atoms with Gasteiger partial charge in [-0.2, -0.15) is 0 Å². The summed E-state index contributed by atoms with van der Waals surface area (Å²) >= 11 is 0. The third kappa shape index (κ3) is 40.5. The number of rotatable bonds is 48. The van der Waals surface area contributed by atoms with E-state index in [1.165, 1.54) is 205 Å². The number of carbonyl (C=O) groups is 1. The van der Waals surface area contributed by atoms with E-state index >= 15 is 0 Å². The maximum absolute atomic E-state index is 12.5. The lowest BCUT2D eigenvalue weighted by Gasteiger charge is -2.27. The molecule has 0 aliphatic rings. The van der Waals surface area contributed by atoms with Crippen molar-refractivity contribution in [2.24, 2.45) is 0 Å². The fraction of sp³-hybridized carbons (Fsp3) is 0.942. The van der Waals surface area contributed by atoms with E-state index in [0.29, 0.717) is 12.8 Å². The Morgan fingerprint density at radius 1 is 0.414 bits per heavy atom. The van der Waals surface area contributed by atoms with Gasteiger partial charge in [0.15, 0.2) is 0 Å². The van der Waals surface area contributed by atoms with Gasteiger partial charge in [-0.3, -0.25) is 4.79 Å². The van der Waals surface area contributed by atoms with Crippen molar-refractivity contribution in [2.45, 2.75) is 308 Å².